The topological polar surface area (TPSA) is 41.5 Å². The summed E-state index contributed by atoms with van der Waals surface area (Å²) < 4.78 is 5.88. The van der Waals surface area contributed by atoms with Gasteiger partial charge in [0.05, 0.1) is 5.54 Å². The zero-order chi connectivity index (χ0) is 15.5. The van der Waals surface area contributed by atoms with Crippen molar-refractivity contribution in [2.24, 2.45) is 0 Å². The van der Waals surface area contributed by atoms with Crippen LogP contribution in [0.15, 0.2) is 36.4 Å². The van der Waals surface area contributed by atoms with Crippen LogP contribution in [0, 0.1) is 0 Å². The van der Waals surface area contributed by atoms with Gasteiger partial charge in [-0.25, -0.2) is 0 Å². The predicted octanol–water partition coefficient (Wildman–Crippen LogP) is 4.79. The molecule has 0 aliphatic carbocycles. The van der Waals surface area contributed by atoms with E-state index >= 15 is 0 Å². The van der Waals surface area contributed by atoms with E-state index in [1.165, 1.54) is 0 Å². The lowest BCUT2D eigenvalue weighted by Gasteiger charge is -2.30. The van der Waals surface area contributed by atoms with Crippen LogP contribution in [0.25, 0.3) is 16.9 Å². The number of phenols is 1. The fraction of sp³-hybridized carbons (Fsp3) is 0.222. The SMILES string of the molecule is CC1(C)C=C2OCc3c(-c4ccc(Cl)cc4O)ccc(c32)N1. The molecule has 22 heavy (non-hydrogen) atoms. The van der Waals surface area contributed by atoms with Gasteiger partial charge in [-0.15, -0.1) is 0 Å². The summed E-state index contributed by atoms with van der Waals surface area (Å²) >= 11 is 5.93. The third kappa shape index (κ3) is 1.97. The van der Waals surface area contributed by atoms with Crippen molar-refractivity contribution in [2.75, 3.05) is 5.32 Å². The van der Waals surface area contributed by atoms with Crippen LogP contribution < -0.4 is 5.32 Å². The minimum atomic E-state index is -0.131. The van der Waals surface area contributed by atoms with E-state index in [0.717, 1.165) is 33.7 Å². The maximum atomic E-state index is 10.2. The third-order valence-corrected chi connectivity index (χ3v) is 4.37. The molecule has 4 heteroatoms. The number of hydrogen-bond donors (Lipinski definition) is 2. The lowest BCUT2D eigenvalue weighted by atomic mass is 9.89. The number of benzene rings is 2. The normalized spacial score (nSPS) is 17.3. The fourth-order valence-electron chi connectivity index (χ4n) is 3.22. The molecule has 3 nitrogen and oxygen atoms in total. The standard InChI is InChI=1S/C18H16ClNO2/c1-18(2)8-16-17-13(9-22-16)11(5-6-14(17)20-18)12-4-3-10(19)7-15(12)21/h3-8,20-21H,9H2,1-2H3. The van der Waals surface area contributed by atoms with Gasteiger partial charge < -0.3 is 15.2 Å². The zero-order valence-electron chi connectivity index (χ0n) is 12.4. The number of hydrogen-bond acceptors (Lipinski definition) is 3. The van der Waals surface area contributed by atoms with Gasteiger partial charge in [0.25, 0.3) is 0 Å². The van der Waals surface area contributed by atoms with Gasteiger partial charge in [-0.2, -0.15) is 0 Å². The molecule has 0 radical (unpaired) electrons. The quantitative estimate of drug-likeness (QED) is 0.795. The number of phenolic OH excluding ortho intramolecular Hbond substituents is 1. The number of anilines is 1. The minimum Gasteiger partial charge on any atom is -0.507 e. The molecule has 2 heterocycles. The van der Waals surface area contributed by atoms with Crippen LogP contribution in [-0.2, 0) is 11.3 Å². The fourth-order valence-corrected chi connectivity index (χ4v) is 3.38. The maximum Gasteiger partial charge on any atom is 0.127 e. The van der Waals surface area contributed by atoms with E-state index in [0.29, 0.717) is 11.6 Å². The Labute approximate surface area is 134 Å². The van der Waals surface area contributed by atoms with Gasteiger partial charge >= 0.3 is 0 Å². The largest absolute Gasteiger partial charge is 0.507 e. The van der Waals surface area contributed by atoms with Gasteiger partial charge in [0.15, 0.2) is 0 Å². The van der Waals surface area contributed by atoms with E-state index < -0.39 is 0 Å². The summed E-state index contributed by atoms with van der Waals surface area (Å²) in [6.45, 7) is 4.75. The molecule has 0 atom stereocenters. The van der Waals surface area contributed by atoms with E-state index in [1.54, 1.807) is 12.1 Å². The van der Waals surface area contributed by atoms with Crippen LogP contribution in [0.1, 0.15) is 25.0 Å². The van der Waals surface area contributed by atoms with Crippen LogP contribution in [0.4, 0.5) is 5.69 Å². The van der Waals surface area contributed by atoms with Crippen LogP contribution in [0.3, 0.4) is 0 Å². The molecule has 0 spiro atoms. The highest BCUT2D eigenvalue weighted by Crippen LogP contribution is 2.46. The van der Waals surface area contributed by atoms with E-state index in [9.17, 15) is 5.11 Å². The monoisotopic (exact) mass is 313 g/mol. The van der Waals surface area contributed by atoms with E-state index in [1.807, 2.05) is 18.2 Å². The highest BCUT2D eigenvalue weighted by Gasteiger charge is 2.32. The number of rotatable bonds is 1. The van der Waals surface area contributed by atoms with Crippen molar-refractivity contribution in [1.29, 1.82) is 0 Å². The summed E-state index contributed by atoms with van der Waals surface area (Å²) in [6.07, 6.45) is 2.11. The minimum absolute atomic E-state index is 0.131. The van der Waals surface area contributed by atoms with Crippen LogP contribution >= 0.6 is 11.6 Å². The maximum absolute atomic E-state index is 10.2. The Balaban J connectivity index is 1.93. The summed E-state index contributed by atoms with van der Waals surface area (Å²) in [7, 11) is 0. The first-order chi connectivity index (χ1) is 10.4. The first-order valence-electron chi connectivity index (χ1n) is 7.24. The Kier molecular flexibility index (Phi) is 2.73. The molecule has 0 amide bonds. The molecule has 0 fully saturated rings. The molecule has 0 saturated carbocycles. The molecule has 0 unspecified atom stereocenters. The second-order valence-electron chi connectivity index (χ2n) is 6.32. The van der Waals surface area contributed by atoms with Crippen molar-refractivity contribution < 1.29 is 9.84 Å². The molecule has 2 aliphatic heterocycles. The Bertz CT molecular complexity index is 824. The smallest absolute Gasteiger partial charge is 0.127 e. The molecule has 2 aromatic rings. The molecule has 2 aliphatic rings. The van der Waals surface area contributed by atoms with Crippen molar-refractivity contribution in [2.45, 2.75) is 26.0 Å². The van der Waals surface area contributed by atoms with Crippen LogP contribution in [-0.4, -0.2) is 10.6 Å². The second kappa shape index (κ2) is 4.43. The molecule has 0 aromatic heterocycles. The Morgan fingerprint density at radius 2 is 1.95 bits per heavy atom. The third-order valence-electron chi connectivity index (χ3n) is 4.13. The molecule has 4 rings (SSSR count). The van der Waals surface area contributed by atoms with Gasteiger partial charge in [-0.3, -0.25) is 0 Å². The van der Waals surface area contributed by atoms with Crippen molar-refractivity contribution in [3.05, 3.63) is 52.6 Å². The number of ether oxygens (including phenoxy) is 1. The van der Waals surface area contributed by atoms with Gasteiger partial charge in [-0.05, 0) is 49.8 Å². The predicted molar refractivity (Wildman–Crippen MR) is 89.0 cm³/mol. The summed E-state index contributed by atoms with van der Waals surface area (Å²) in [5.41, 5.74) is 4.91. The summed E-state index contributed by atoms with van der Waals surface area (Å²) in [6, 6.07) is 9.27. The number of nitrogens with one attached hydrogen (secondary N) is 1. The van der Waals surface area contributed by atoms with Crippen molar-refractivity contribution in [3.8, 4) is 16.9 Å². The Morgan fingerprint density at radius 3 is 2.73 bits per heavy atom. The first-order valence-corrected chi connectivity index (χ1v) is 7.61. The van der Waals surface area contributed by atoms with Gasteiger partial charge in [0, 0.05) is 27.4 Å². The zero-order valence-corrected chi connectivity index (χ0v) is 13.2. The van der Waals surface area contributed by atoms with Crippen LogP contribution in [0.2, 0.25) is 5.02 Å². The van der Waals surface area contributed by atoms with E-state index in [4.69, 9.17) is 16.3 Å². The van der Waals surface area contributed by atoms with Crippen molar-refractivity contribution in [3.63, 3.8) is 0 Å². The summed E-state index contributed by atoms with van der Waals surface area (Å²) in [5, 5.41) is 14.2. The van der Waals surface area contributed by atoms with Gasteiger partial charge in [-0.1, -0.05) is 17.7 Å². The molecule has 2 N–H and O–H groups in total. The highest BCUT2D eigenvalue weighted by atomic mass is 35.5. The molecule has 0 bridgehead atoms. The molecule has 0 saturated heterocycles. The van der Waals surface area contributed by atoms with Gasteiger partial charge in [0.1, 0.15) is 18.1 Å². The van der Waals surface area contributed by atoms with Crippen molar-refractivity contribution >= 4 is 23.0 Å². The Morgan fingerprint density at radius 1 is 1.18 bits per heavy atom. The lowest BCUT2D eigenvalue weighted by Crippen LogP contribution is -2.31. The average molecular weight is 314 g/mol. The van der Waals surface area contributed by atoms with Crippen LogP contribution in [0.5, 0.6) is 5.75 Å². The molecular weight excluding hydrogens is 298 g/mol. The second-order valence-corrected chi connectivity index (χ2v) is 6.76. The molecule has 2 aromatic carbocycles. The highest BCUT2D eigenvalue weighted by molar-refractivity contribution is 6.30. The average Bonchev–Trinajstić information content (AvgIpc) is 2.84. The first kappa shape index (κ1) is 13.5. The van der Waals surface area contributed by atoms with Crippen molar-refractivity contribution in [1.82, 2.24) is 0 Å². The Hall–Kier alpha value is -2.13. The van der Waals surface area contributed by atoms with Gasteiger partial charge in [0.2, 0.25) is 0 Å². The number of halogens is 1. The lowest BCUT2D eigenvalue weighted by molar-refractivity contribution is 0.283. The summed E-state index contributed by atoms with van der Waals surface area (Å²) in [4.78, 5) is 0. The van der Waals surface area contributed by atoms with E-state index in [2.05, 4.69) is 25.2 Å². The number of aromatic hydroxyl groups is 1. The molecule has 112 valence electrons. The summed E-state index contributed by atoms with van der Waals surface area (Å²) in [5.74, 6) is 1.11. The van der Waals surface area contributed by atoms with E-state index in [-0.39, 0.29) is 11.3 Å². The molecular formula is C18H16ClNO2.